The fourth-order valence-corrected chi connectivity index (χ4v) is 3.99. The zero-order valence-corrected chi connectivity index (χ0v) is 18.4. The number of benzene rings is 2. The normalized spacial score (nSPS) is 20.0. The first-order chi connectivity index (χ1) is 14.6. The molecule has 1 saturated heterocycles. The number of carbonyl (C=O) groups excluding carboxylic acids is 2. The smallest absolute Gasteiger partial charge is 0.318 e. The highest BCUT2D eigenvalue weighted by Gasteiger charge is 2.44. The molecule has 0 N–H and O–H groups in total. The number of ether oxygens (including phenoxy) is 2. The number of esters is 1. The van der Waals surface area contributed by atoms with E-state index in [4.69, 9.17) is 9.47 Å². The average Bonchev–Trinajstić information content (AvgIpc) is 3.41. The third kappa shape index (κ3) is 4.66. The molecule has 2 aliphatic rings. The summed E-state index contributed by atoms with van der Waals surface area (Å²) in [6.07, 6.45) is 1.86. The van der Waals surface area contributed by atoms with Gasteiger partial charge in [-0.05, 0) is 23.8 Å². The molecule has 2 aromatic carbocycles. The van der Waals surface area contributed by atoms with E-state index in [2.05, 4.69) is 34.2 Å². The number of nitrogens with zero attached hydrogens (tertiary/aromatic N) is 3. The van der Waals surface area contributed by atoms with Crippen LogP contribution in [0.5, 0.6) is 5.75 Å². The summed E-state index contributed by atoms with van der Waals surface area (Å²) in [6.45, 7) is 2.45. The molecule has 2 unspecified atom stereocenters. The molecule has 2 aromatic rings. The molecule has 0 saturated carbocycles. The van der Waals surface area contributed by atoms with E-state index in [9.17, 15) is 9.59 Å². The Morgan fingerprint density at radius 3 is 2.58 bits per heavy atom. The van der Waals surface area contributed by atoms with Crippen LogP contribution in [0.25, 0.3) is 11.1 Å². The van der Waals surface area contributed by atoms with Gasteiger partial charge < -0.3 is 19.3 Å². The Bertz CT molecular complexity index is 964. The van der Waals surface area contributed by atoms with Gasteiger partial charge >= 0.3 is 5.97 Å². The summed E-state index contributed by atoms with van der Waals surface area (Å²) in [7, 11) is 3.00. The van der Waals surface area contributed by atoms with Crippen molar-refractivity contribution in [2.75, 3.05) is 45.3 Å². The lowest BCUT2D eigenvalue weighted by Crippen LogP contribution is -2.31. The summed E-state index contributed by atoms with van der Waals surface area (Å²) in [5.41, 5.74) is 3.10. The van der Waals surface area contributed by atoms with E-state index in [1.54, 1.807) is 11.9 Å². The number of para-hydroxylation sites is 1. The maximum Gasteiger partial charge on any atom is 0.318 e. The van der Waals surface area contributed by atoms with Gasteiger partial charge in [-0.3, -0.25) is 14.6 Å². The van der Waals surface area contributed by atoms with Gasteiger partial charge in [-0.2, -0.15) is 0 Å². The molecular weight excluding hydrogens is 418 g/mol. The van der Waals surface area contributed by atoms with Crippen molar-refractivity contribution in [2.45, 2.75) is 0 Å². The van der Waals surface area contributed by atoms with Gasteiger partial charge in [-0.15, -0.1) is 12.4 Å². The van der Waals surface area contributed by atoms with Gasteiger partial charge in [0.15, 0.2) is 0 Å². The SMILES string of the molecule is COC(=O)C1C(=O)N(C)CC1COc1ccccc1-c1ccc(N2C=NCC2)cc1.Cl. The molecule has 164 valence electrons. The van der Waals surface area contributed by atoms with Crippen LogP contribution in [0.3, 0.4) is 0 Å². The lowest BCUT2D eigenvalue weighted by atomic mass is 9.96. The molecular formula is C23H26ClN3O4. The van der Waals surface area contributed by atoms with E-state index in [-0.39, 0.29) is 30.8 Å². The van der Waals surface area contributed by atoms with Crippen LogP contribution in [0.15, 0.2) is 53.5 Å². The summed E-state index contributed by atoms with van der Waals surface area (Å²) >= 11 is 0. The number of amides is 1. The molecule has 4 rings (SSSR count). The molecule has 2 aliphatic heterocycles. The van der Waals surface area contributed by atoms with Crippen LogP contribution in [0, 0.1) is 11.8 Å². The minimum atomic E-state index is -0.812. The quantitative estimate of drug-likeness (QED) is 0.507. The molecule has 0 aromatic heterocycles. The number of hydrogen-bond acceptors (Lipinski definition) is 6. The van der Waals surface area contributed by atoms with Crippen LogP contribution in [-0.4, -0.2) is 63.5 Å². The highest BCUT2D eigenvalue weighted by atomic mass is 35.5. The van der Waals surface area contributed by atoms with Crippen molar-refractivity contribution in [2.24, 2.45) is 16.8 Å². The van der Waals surface area contributed by atoms with Crippen molar-refractivity contribution in [3.63, 3.8) is 0 Å². The molecule has 1 fully saturated rings. The summed E-state index contributed by atoms with van der Waals surface area (Å²) in [6, 6.07) is 16.1. The third-order valence-electron chi connectivity index (χ3n) is 5.62. The average molecular weight is 444 g/mol. The lowest BCUT2D eigenvalue weighted by molar-refractivity contribution is -0.151. The fraction of sp³-hybridized carbons (Fsp3) is 0.348. The minimum absolute atomic E-state index is 0. The Morgan fingerprint density at radius 2 is 1.90 bits per heavy atom. The van der Waals surface area contributed by atoms with Gasteiger partial charge in [-0.25, -0.2) is 0 Å². The maximum atomic E-state index is 12.3. The van der Waals surface area contributed by atoms with Crippen LogP contribution >= 0.6 is 12.4 Å². The molecule has 1 amide bonds. The predicted octanol–water partition coefficient (Wildman–Crippen LogP) is 2.88. The third-order valence-corrected chi connectivity index (χ3v) is 5.62. The first kappa shape index (κ1) is 22.6. The summed E-state index contributed by atoms with van der Waals surface area (Å²) in [5, 5.41) is 0. The molecule has 0 radical (unpaired) electrons. The highest BCUT2D eigenvalue weighted by Crippen LogP contribution is 2.33. The number of methoxy groups -OCH3 is 1. The van der Waals surface area contributed by atoms with Gasteiger partial charge in [0.25, 0.3) is 0 Å². The van der Waals surface area contributed by atoms with E-state index in [1.807, 2.05) is 30.6 Å². The molecule has 2 atom stereocenters. The van der Waals surface area contributed by atoms with Crippen LogP contribution in [0.1, 0.15) is 0 Å². The Morgan fingerprint density at radius 1 is 1.16 bits per heavy atom. The highest BCUT2D eigenvalue weighted by molar-refractivity contribution is 5.99. The van der Waals surface area contributed by atoms with E-state index in [1.165, 1.54) is 7.11 Å². The number of rotatable bonds is 6. The minimum Gasteiger partial charge on any atom is -0.493 e. The molecule has 7 nitrogen and oxygen atoms in total. The van der Waals surface area contributed by atoms with Crippen LogP contribution in [0.4, 0.5) is 5.69 Å². The molecule has 2 heterocycles. The number of likely N-dealkylation sites (tertiary alicyclic amines) is 1. The second kappa shape index (κ2) is 9.83. The number of carbonyl (C=O) groups is 2. The zero-order valence-electron chi connectivity index (χ0n) is 17.6. The van der Waals surface area contributed by atoms with Gasteiger partial charge in [-0.1, -0.05) is 30.3 Å². The maximum absolute atomic E-state index is 12.3. The monoisotopic (exact) mass is 443 g/mol. The zero-order chi connectivity index (χ0) is 21.1. The van der Waals surface area contributed by atoms with Gasteiger partial charge in [0.05, 0.1) is 26.6 Å². The Balaban J connectivity index is 0.00000272. The van der Waals surface area contributed by atoms with E-state index >= 15 is 0 Å². The van der Waals surface area contributed by atoms with Crippen molar-refractivity contribution in [3.8, 4) is 16.9 Å². The summed E-state index contributed by atoms with van der Waals surface area (Å²) in [4.78, 5) is 32.3. The largest absolute Gasteiger partial charge is 0.493 e. The molecule has 31 heavy (non-hydrogen) atoms. The fourth-order valence-electron chi connectivity index (χ4n) is 3.99. The van der Waals surface area contributed by atoms with Crippen molar-refractivity contribution >= 4 is 36.3 Å². The van der Waals surface area contributed by atoms with E-state index in [0.717, 1.165) is 35.7 Å². The van der Waals surface area contributed by atoms with Gasteiger partial charge in [0.2, 0.25) is 5.91 Å². The van der Waals surface area contributed by atoms with E-state index < -0.39 is 11.9 Å². The topological polar surface area (TPSA) is 71.4 Å². The molecule has 8 heteroatoms. The standard InChI is InChI=1S/C23H25N3O4.ClH/c1-25-13-17(21(22(25)27)23(28)29-2)14-30-20-6-4-3-5-19(20)16-7-9-18(10-8-16)26-12-11-24-15-26;/h3-10,15,17,21H,11-14H2,1-2H3;1H. The van der Waals surface area contributed by atoms with Gasteiger partial charge in [0, 0.05) is 37.3 Å². The van der Waals surface area contributed by atoms with Gasteiger partial charge in [0.1, 0.15) is 11.7 Å². The van der Waals surface area contributed by atoms with Crippen molar-refractivity contribution < 1.29 is 19.1 Å². The second-order valence-corrected chi connectivity index (χ2v) is 7.55. The lowest BCUT2D eigenvalue weighted by Gasteiger charge is -2.18. The Kier molecular flexibility index (Phi) is 7.17. The van der Waals surface area contributed by atoms with Crippen LogP contribution in [0.2, 0.25) is 0 Å². The van der Waals surface area contributed by atoms with E-state index in [0.29, 0.717) is 6.54 Å². The number of hydrogen-bond donors (Lipinski definition) is 0. The van der Waals surface area contributed by atoms with Crippen LogP contribution in [-0.2, 0) is 14.3 Å². The van der Waals surface area contributed by atoms with Crippen molar-refractivity contribution in [1.29, 1.82) is 0 Å². The summed E-state index contributed by atoms with van der Waals surface area (Å²) < 4.78 is 10.9. The number of anilines is 1. The first-order valence-corrected chi connectivity index (χ1v) is 10.00. The second-order valence-electron chi connectivity index (χ2n) is 7.55. The number of halogens is 1. The predicted molar refractivity (Wildman–Crippen MR) is 122 cm³/mol. The Hall–Kier alpha value is -3.06. The first-order valence-electron chi connectivity index (χ1n) is 10.00. The van der Waals surface area contributed by atoms with Crippen molar-refractivity contribution in [3.05, 3.63) is 48.5 Å². The summed E-state index contributed by atoms with van der Waals surface area (Å²) in [5.74, 6) is -1.07. The Labute approximate surface area is 188 Å². The molecule has 0 bridgehead atoms. The van der Waals surface area contributed by atoms with Crippen molar-refractivity contribution in [1.82, 2.24) is 4.90 Å². The number of aliphatic imine (C=N–C) groups is 1. The molecule has 0 spiro atoms. The van der Waals surface area contributed by atoms with Crippen LogP contribution < -0.4 is 9.64 Å². The molecule has 0 aliphatic carbocycles.